The number of benzene rings is 1. The molecule has 1 aliphatic heterocycles. The maximum atomic E-state index is 9.51. The van der Waals surface area contributed by atoms with Crippen LogP contribution in [0.1, 0.15) is 12.5 Å². The van der Waals surface area contributed by atoms with E-state index in [-0.39, 0.29) is 12.6 Å². The van der Waals surface area contributed by atoms with Crippen LogP contribution in [0.25, 0.3) is 0 Å². The monoisotopic (exact) mass is 234 g/mol. The van der Waals surface area contributed by atoms with Crippen molar-refractivity contribution in [2.24, 2.45) is 0 Å². The van der Waals surface area contributed by atoms with Crippen molar-refractivity contribution in [2.45, 2.75) is 25.6 Å². The minimum atomic E-state index is 0.238. The molecule has 17 heavy (non-hydrogen) atoms. The zero-order valence-electron chi connectivity index (χ0n) is 10.7. The van der Waals surface area contributed by atoms with Gasteiger partial charge in [0.1, 0.15) is 0 Å². The second kappa shape index (κ2) is 5.63. The predicted octanol–water partition coefficient (Wildman–Crippen LogP) is 1.18. The first-order valence-electron chi connectivity index (χ1n) is 6.29. The minimum absolute atomic E-state index is 0.238. The lowest BCUT2D eigenvalue weighted by Gasteiger charge is -2.44. The zero-order chi connectivity index (χ0) is 12.3. The fourth-order valence-corrected chi connectivity index (χ4v) is 2.70. The van der Waals surface area contributed by atoms with Crippen LogP contribution in [-0.2, 0) is 6.54 Å². The van der Waals surface area contributed by atoms with E-state index in [1.54, 1.807) is 0 Å². The summed E-state index contributed by atoms with van der Waals surface area (Å²) in [7, 11) is 2.12. The van der Waals surface area contributed by atoms with Gasteiger partial charge in [-0.2, -0.15) is 0 Å². The van der Waals surface area contributed by atoms with Crippen molar-refractivity contribution in [3.63, 3.8) is 0 Å². The quantitative estimate of drug-likeness (QED) is 0.851. The van der Waals surface area contributed by atoms with E-state index in [2.05, 4.69) is 48.0 Å². The van der Waals surface area contributed by atoms with Crippen molar-refractivity contribution in [2.75, 3.05) is 26.7 Å². The Morgan fingerprint density at radius 3 is 2.59 bits per heavy atom. The van der Waals surface area contributed by atoms with Gasteiger partial charge in [-0.15, -0.1) is 0 Å². The van der Waals surface area contributed by atoms with Gasteiger partial charge in [0.05, 0.1) is 6.61 Å². The average molecular weight is 234 g/mol. The molecule has 3 heteroatoms. The summed E-state index contributed by atoms with van der Waals surface area (Å²) in [6.45, 7) is 5.43. The number of aliphatic hydroxyl groups excluding tert-OH is 1. The summed E-state index contributed by atoms with van der Waals surface area (Å²) in [6.07, 6.45) is 0. The highest BCUT2D eigenvalue weighted by Crippen LogP contribution is 2.17. The molecule has 0 bridgehead atoms. The predicted molar refractivity (Wildman–Crippen MR) is 69.8 cm³/mol. The summed E-state index contributed by atoms with van der Waals surface area (Å²) in [4.78, 5) is 4.71. The molecule has 0 spiro atoms. The average Bonchev–Trinajstić information content (AvgIpc) is 2.33. The molecule has 2 rings (SSSR count). The van der Waals surface area contributed by atoms with Gasteiger partial charge in [-0.05, 0) is 19.5 Å². The van der Waals surface area contributed by atoms with Gasteiger partial charge < -0.3 is 10.0 Å². The Labute approximate surface area is 104 Å². The van der Waals surface area contributed by atoms with Gasteiger partial charge in [0.25, 0.3) is 0 Å². The van der Waals surface area contributed by atoms with E-state index in [1.165, 1.54) is 5.56 Å². The summed E-state index contributed by atoms with van der Waals surface area (Å²) in [5.74, 6) is 0. The molecule has 3 nitrogen and oxygen atoms in total. The molecule has 0 amide bonds. The van der Waals surface area contributed by atoms with Gasteiger partial charge in [0.15, 0.2) is 0 Å². The molecule has 2 unspecified atom stereocenters. The molecule has 0 aromatic heterocycles. The fraction of sp³-hybridized carbons (Fsp3) is 0.571. The molecular formula is C14H22N2O. The van der Waals surface area contributed by atoms with E-state index in [0.717, 1.165) is 19.6 Å². The minimum Gasteiger partial charge on any atom is -0.395 e. The smallest absolute Gasteiger partial charge is 0.0599 e. The first-order chi connectivity index (χ1) is 8.20. The van der Waals surface area contributed by atoms with Gasteiger partial charge in [-0.25, -0.2) is 0 Å². The van der Waals surface area contributed by atoms with E-state index >= 15 is 0 Å². The number of rotatable bonds is 3. The Balaban J connectivity index is 2.07. The van der Waals surface area contributed by atoms with Gasteiger partial charge in [-0.1, -0.05) is 30.3 Å². The first kappa shape index (κ1) is 12.6. The van der Waals surface area contributed by atoms with E-state index in [1.807, 2.05) is 6.07 Å². The first-order valence-corrected chi connectivity index (χ1v) is 6.29. The van der Waals surface area contributed by atoms with Crippen LogP contribution in [0.3, 0.4) is 0 Å². The van der Waals surface area contributed by atoms with E-state index in [0.29, 0.717) is 6.04 Å². The molecular weight excluding hydrogens is 212 g/mol. The Hall–Kier alpha value is -0.900. The van der Waals surface area contributed by atoms with Crippen molar-refractivity contribution >= 4 is 0 Å². The molecule has 1 aliphatic rings. The number of piperazine rings is 1. The van der Waals surface area contributed by atoms with Crippen LogP contribution in [0.5, 0.6) is 0 Å². The van der Waals surface area contributed by atoms with Crippen molar-refractivity contribution < 1.29 is 5.11 Å². The van der Waals surface area contributed by atoms with E-state index in [9.17, 15) is 5.11 Å². The molecule has 1 N–H and O–H groups in total. The topological polar surface area (TPSA) is 26.7 Å². The van der Waals surface area contributed by atoms with Crippen LogP contribution in [-0.4, -0.2) is 53.7 Å². The molecule has 1 heterocycles. The highest BCUT2D eigenvalue weighted by atomic mass is 16.3. The van der Waals surface area contributed by atoms with Gasteiger partial charge >= 0.3 is 0 Å². The van der Waals surface area contributed by atoms with Crippen molar-refractivity contribution in [3.05, 3.63) is 35.9 Å². The molecule has 1 saturated heterocycles. The summed E-state index contributed by atoms with van der Waals surface area (Å²) in [5.41, 5.74) is 1.32. The number of hydrogen-bond acceptors (Lipinski definition) is 3. The third kappa shape index (κ3) is 3.06. The molecule has 94 valence electrons. The molecule has 2 atom stereocenters. The molecule has 1 aromatic carbocycles. The summed E-state index contributed by atoms with van der Waals surface area (Å²) in [5, 5.41) is 9.51. The second-order valence-electron chi connectivity index (χ2n) is 5.06. The summed E-state index contributed by atoms with van der Waals surface area (Å²) < 4.78 is 0. The van der Waals surface area contributed by atoms with Crippen LogP contribution in [0.15, 0.2) is 30.3 Å². The number of hydrogen-bond donors (Lipinski definition) is 1. The van der Waals surface area contributed by atoms with Crippen molar-refractivity contribution in [1.29, 1.82) is 0 Å². The van der Waals surface area contributed by atoms with Gasteiger partial charge in [0.2, 0.25) is 0 Å². The lowest BCUT2D eigenvalue weighted by Crippen LogP contribution is -2.57. The second-order valence-corrected chi connectivity index (χ2v) is 5.06. The van der Waals surface area contributed by atoms with Crippen molar-refractivity contribution in [1.82, 2.24) is 9.80 Å². The molecule has 0 aliphatic carbocycles. The number of likely N-dealkylation sites (N-methyl/N-ethyl adjacent to an activating group) is 1. The number of nitrogens with zero attached hydrogens (tertiary/aromatic N) is 2. The maximum Gasteiger partial charge on any atom is 0.0599 e. The SMILES string of the molecule is CC1CN(C)CC(CO)N1Cc1ccccc1. The highest BCUT2D eigenvalue weighted by molar-refractivity contribution is 5.15. The lowest BCUT2D eigenvalue weighted by molar-refractivity contribution is 0.00855. The Morgan fingerprint density at radius 1 is 1.24 bits per heavy atom. The van der Waals surface area contributed by atoms with Crippen LogP contribution >= 0.6 is 0 Å². The van der Waals surface area contributed by atoms with Gasteiger partial charge in [-0.3, -0.25) is 4.90 Å². The normalized spacial score (nSPS) is 27.2. The standard InChI is InChI=1S/C14H22N2O/c1-12-8-15(2)10-14(11-17)16(12)9-13-6-4-3-5-7-13/h3-7,12,14,17H,8-11H2,1-2H3. The van der Waals surface area contributed by atoms with Crippen LogP contribution in [0.4, 0.5) is 0 Å². The van der Waals surface area contributed by atoms with Crippen LogP contribution in [0, 0.1) is 0 Å². The third-order valence-corrected chi connectivity index (χ3v) is 3.55. The Bertz CT molecular complexity index is 341. The maximum absolute atomic E-state index is 9.51. The van der Waals surface area contributed by atoms with E-state index < -0.39 is 0 Å². The fourth-order valence-electron chi connectivity index (χ4n) is 2.70. The molecule has 0 radical (unpaired) electrons. The van der Waals surface area contributed by atoms with Crippen LogP contribution < -0.4 is 0 Å². The zero-order valence-corrected chi connectivity index (χ0v) is 10.7. The Morgan fingerprint density at radius 2 is 1.94 bits per heavy atom. The molecule has 1 fully saturated rings. The Kier molecular flexibility index (Phi) is 4.15. The largest absolute Gasteiger partial charge is 0.395 e. The van der Waals surface area contributed by atoms with Crippen LogP contribution in [0.2, 0.25) is 0 Å². The molecule has 0 saturated carbocycles. The van der Waals surface area contributed by atoms with E-state index in [4.69, 9.17) is 0 Å². The van der Waals surface area contributed by atoms with Crippen molar-refractivity contribution in [3.8, 4) is 0 Å². The summed E-state index contributed by atoms with van der Waals surface area (Å²) >= 11 is 0. The lowest BCUT2D eigenvalue weighted by atomic mass is 10.1. The van der Waals surface area contributed by atoms with Gasteiger partial charge in [0, 0.05) is 31.7 Å². The number of aliphatic hydroxyl groups is 1. The highest BCUT2D eigenvalue weighted by Gasteiger charge is 2.29. The summed E-state index contributed by atoms with van der Waals surface area (Å²) in [6, 6.07) is 11.2. The molecule has 1 aromatic rings. The third-order valence-electron chi connectivity index (χ3n) is 3.55.